The minimum absolute atomic E-state index is 0.223. The molecule has 246 valence electrons. The third-order valence-electron chi connectivity index (χ3n) is 6.97. The molecule has 1 aliphatic rings. The number of ether oxygens (including phenoxy) is 9. The van der Waals surface area contributed by atoms with Crippen molar-refractivity contribution in [2.45, 2.75) is 57.8 Å². The monoisotopic (exact) mass is 611 g/mol. The Labute approximate surface area is 250 Å². The van der Waals surface area contributed by atoms with Crippen LogP contribution in [0.4, 0.5) is 0 Å². The first-order valence-corrected chi connectivity index (χ1v) is 18.3. The highest BCUT2D eigenvalue weighted by Gasteiger charge is 2.36. The first kappa shape index (κ1) is 38.8. The van der Waals surface area contributed by atoms with E-state index in [0.717, 1.165) is 25.9 Å². The van der Waals surface area contributed by atoms with Crippen molar-refractivity contribution in [3.63, 3.8) is 0 Å². The van der Waals surface area contributed by atoms with E-state index < -0.39 is 8.32 Å². The van der Waals surface area contributed by atoms with Gasteiger partial charge in [-0.05, 0) is 44.1 Å². The van der Waals surface area contributed by atoms with Crippen molar-refractivity contribution < 1.29 is 47.1 Å². The van der Waals surface area contributed by atoms with E-state index in [0.29, 0.717) is 125 Å². The molecule has 0 unspecified atom stereocenters. The quantitative estimate of drug-likeness (QED) is 0.0998. The standard InChI is InChI=1S/C29H61NO10Si/c1-29(2,3)41(4,5)40-27-25-38-23-21-36-19-17-34-15-13-32-11-10-31-12-14-33-16-18-35-20-22-37-24-26-39-28-6-8-30-9-7-28/h28,30H,6-27H2,1-5H3. The van der Waals surface area contributed by atoms with Crippen LogP contribution in [0.3, 0.4) is 0 Å². The summed E-state index contributed by atoms with van der Waals surface area (Å²) in [5, 5.41) is 3.55. The van der Waals surface area contributed by atoms with Gasteiger partial charge in [-0.25, -0.2) is 0 Å². The molecule has 41 heavy (non-hydrogen) atoms. The van der Waals surface area contributed by atoms with Gasteiger partial charge in [0.2, 0.25) is 0 Å². The minimum Gasteiger partial charge on any atom is -0.414 e. The second-order valence-corrected chi connectivity index (χ2v) is 16.1. The number of nitrogens with one attached hydrogen (secondary N) is 1. The van der Waals surface area contributed by atoms with E-state index in [-0.39, 0.29) is 5.04 Å². The summed E-state index contributed by atoms with van der Waals surface area (Å²) < 4.78 is 56.0. The molecule has 1 aliphatic heterocycles. The minimum atomic E-state index is -1.69. The molecule has 1 heterocycles. The fourth-order valence-corrected chi connectivity index (χ4v) is 4.48. The smallest absolute Gasteiger partial charge is 0.192 e. The average Bonchev–Trinajstić information content (AvgIpc) is 2.94. The van der Waals surface area contributed by atoms with Gasteiger partial charge < -0.3 is 52.4 Å². The van der Waals surface area contributed by atoms with E-state index in [2.05, 4.69) is 39.2 Å². The van der Waals surface area contributed by atoms with Crippen LogP contribution in [0.2, 0.25) is 18.1 Å². The molecule has 11 nitrogen and oxygen atoms in total. The van der Waals surface area contributed by atoms with E-state index in [1.807, 2.05) is 0 Å². The van der Waals surface area contributed by atoms with Crippen LogP contribution in [0.1, 0.15) is 33.6 Å². The molecule has 0 bridgehead atoms. The first-order valence-electron chi connectivity index (χ1n) is 15.4. The number of rotatable bonds is 29. The van der Waals surface area contributed by atoms with Gasteiger partial charge in [0, 0.05) is 0 Å². The molecular weight excluding hydrogens is 550 g/mol. The predicted molar refractivity (Wildman–Crippen MR) is 162 cm³/mol. The molecule has 0 spiro atoms. The molecule has 0 aromatic heterocycles. The molecule has 0 aromatic rings. The zero-order valence-corrected chi connectivity index (χ0v) is 27.7. The molecule has 0 radical (unpaired) electrons. The van der Waals surface area contributed by atoms with E-state index >= 15 is 0 Å². The van der Waals surface area contributed by atoms with Gasteiger partial charge in [-0.3, -0.25) is 0 Å². The number of piperidine rings is 1. The largest absolute Gasteiger partial charge is 0.414 e. The maximum atomic E-state index is 6.08. The lowest BCUT2D eigenvalue weighted by molar-refractivity contribution is -0.0319. The van der Waals surface area contributed by atoms with Gasteiger partial charge in [0.1, 0.15) is 0 Å². The zero-order chi connectivity index (χ0) is 29.9. The number of hydrogen-bond donors (Lipinski definition) is 1. The van der Waals surface area contributed by atoms with Crippen LogP contribution in [0, 0.1) is 0 Å². The van der Waals surface area contributed by atoms with Gasteiger partial charge in [-0.15, -0.1) is 0 Å². The summed E-state index contributed by atoms with van der Waals surface area (Å²) in [5.41, 5.74) is 0. The van der Waals surface area contributed by atoms with Crippen LogP contribution in [-0.2, 0) is 47.1 Å². The molecule has 0 atom stereocenters. The van der Waals surface area contributed by atoms with Crippen molar-refractivity contribution >= 4 is 8.32 Å². The molecule has 1 fully saturated rings. The van der Waals surface area contributed by atoms with Gasteiger partial charge in [0.05, 0.1) is 125 Å². The first-order chi connectivity index (χ1) is 19.8. The van der Waals surface area contributed by atoms with E-state index in [1.165, 1.54) is 0 Å². The summed E-state index contributed by atoms with van der Waals surface area (Å²) in [7, 11) is -1.69. The van der Waals surface area contributed by atoms with Crippen LogP contribution in [0.5, 0.6) is 0 Å². The SMILES string of the molecule is CC(C)(C)[Si](C)(C)OCCOCCOCCOCCOCCOCCOCCOCCOCCOC1CCNCC1. The second kappa shape index (κ2) is 26.2. The molecule has 1 saturated heterocycles. The van der Waals surface area contributed by atoms with Crippen molar-refractivity contribution in [1.82, 2.24) is 5.32 Å². The fraction of sp³-hybridized carbons (Fsp3) is 1.00. The maximum absolute atomic E-state index is 6.08. The molecule has 1 N–H and O–H groups in total. The van der Waals surface area contributed by atoms with E-state index in [9.17, 15) is 0 Å². The average molecular weight is 612 g/mol. The highest BCUT2D eigenvalue weighted by atomic mass is 28.4. The molecule has 0 amide bonds. The van der Waals surface area contributed by atoms with Gasteiger partial charge in [0.25, 0.3) is 0 Å². The maximum Gasteiger partial charge on any atom is 0.192 e. The predicted octanol–water partition coefficient (Wildman–Crippen LogP) is 2.91. The zero-order valence-electron chi connectivity index (χ0n) is 26.7. The summed E-state index contributed by atoms with van der Waals surface area (Å²) in [4.78, 5) is 0. The molecule has 1 rings (SSSR count). The summed E-state index contributed by atoms with van der Waals surface area (Å²) >= 11 is 0. The molecule has 0 saturated carbocycles. The lowest BCUT2D eigenvalue weighted by Crippen LogP contribution is -2.41. The van der Waals surface area contributed by atoms with Gasteiger partial charge in [-0.2, -0.15) is 0 Å². The molecule has 12 heteroatoms. The van der Waals surface area contributed by atoms with Gasteiger partial charge in [-0.1, -0.05) is 20.8 Å². The Bertz CT molecular complexity index is 562. The highest BCUT2D eigenvalue weighted by Crippen LogP contribution is 2.36. The van der Waals surface area contributed by atoms with Crippen molar-refractivity contribution in [2.75, 3.05) is 132 Å². The van der Waals surface area contributed by atoms with Crippen LogP contribution >= 0.6 is 0 Å². The van der Waals surface area contributed by atoms with Crippen LogP contribution in [0.25, 0.3) is 0 Å². The highest BCUT2D eigenvalue weighted by molar-refractivity contribution is 6.74. The summed E-state index contributed by atoms with van der Waals surface area (Å²) in [5.74, 6) is 0. The van der Waals surface area contributed by atoms with E-state index in [1.54, 1.807) is 0 Å². The Morgan fingerprint density at radius 3 is 1.10 bits per heavy atom. The van der Waals surface area contributed by atoms with Crippen molar-refractivity contribution in [3.05, 3.63) is 0 Å². The van der Waals surface area contributed by atoms with Crippen LogP contribution in [-0.4, -0.2) is 146 Å². The fourth-order valence-electron chi connectivity index (χ4n) is 3.45. The van der Waals surface area contributed by atoms with Gasteiger partial charge >= 0.3 is 0 Å². The molecule has 0 aliphatic carbocycles. The van der Waals surface area contributed by atoms with Crippen LogP contribution in [0.15, 0.2) is 0 Å². The normalized spacial score (nSPS) is 15.1. The van der Waals surface area contributed by atoms with Gasteiger partial charge in [0.15, 0.2) is 8.32 Å². The Morgan fingerprint density at radius 2 is 0.780 bits per heavy atom. The Hall–Kier alpha value is -0.223. The summed E-state index contributed by atoms with van der Waals surface area (Å²) in [6.45, 7) is 23.4. The lowest BCUT2D eigenvalue weighted by atomic mass is 10.1. The lowest BCUT2D eigenvalue weighted by Gasteiger charge is -2.36. The third kappa shape index (κ3) is 23.9. The van der Waals surface area contributed by atoms with Crippen molar-refractivity contribution in [1.29, 1.82) is 0 Å². The summed E-state index contributed by atoms with van der Waals surface area (Å²) in [6.07, 6.45) is 2.55. The topological polar surface area (TPSA) is 104 Å². The summed E-state index contributed by atoms with van der Waals surface area (Å²) in [6, 6.07) is 0. The number of hydrogen-bond acceptors (Lipinski definition) is 11. The van der Waals surface area contributed by atoms with Crippen molar-refractivity contribution in [3.8, 4) is 0 Å². The third-order valence-corrected chi connectivity index (χ3v) is 11.5. The molecule has 0 aromatic carbocycles. The van der Waals surface area contributed by atoms with Crippen molar-refractivity contribution in [2.24, 2.45) is 0 Å². The van der Waals surface area contributed by atoms with E-state index in [4.69, 9.17) is 47.1 Å². The van der Waals surface area contributed by atoms with Crippen LogP contribution < -0.4 is 5.32 Å². The molecular formula is C29H61NO10Si. The Morgan fingerprint density at radius 1 is 0.488 bits per heavy atom. The Balaban J connectivity index is 1.66. The Kier molecular flexibility index (Phi) is 24.8. The second-order valence-electron chi connectivity index (χ2n) is 11.3.